The van der Waals surface area contributed by atoms with E-state index in [2.05, 4.69) is 9.97 Å². The van der Waals surface area contributed by atoms with Crippen molar-refractivity contribution in [1.82, 2.24) is 14.5 Å². The molecule has 1 aliphatic carbocycles. The maximum absolute atomic E-state index is 12.6. The molecule has 2 heterocycles. The van der Waals surface area contributed by atoms with Crippen LogP contribution in [0, 0.1) is 5.92 Å². The predicted octanol–water partition coefficient (Wildman–Crippen LogP) is 2.18. The average molecular weight is 345 g/mol. The Kier molecular flexibility index (Phi) is 4.74. The number of esters is 1. The Morgan fingerprint density at radius 3 is 2.72 bits per heavy atom. The SMILES string of the molecule is CCCn1c(=O)[nH]c(=O)c2c(C(=O)OCC(C)C)cc(C3CC3)nc21. The van der Waals surface area contributed by atoms with Gasteiger partial charge in [-0.1, -0.05) is 20.8 Å². The first kappa shape index (κ1) is 17.4. The van der Waals surface area contributed by atoms with Gasteiger partial charge in [-0.2, -0.15) is 0 Å². The Morgan fingerprint density at radius 2 is 2.12 bits per heavy atom. The van der Waals surface area contributed by atoms with Crippen LogP contribution in [-0.4, -0.2) is 27.1 Å². The summed E-state index contributed by atoms with van der Waals surface area (Å²) in [5.41, 5.74) is 0.119. The van der Waals surface area contributed by atoms with Gasteiger partial charge in [0.25, 0.3) is 5.56 Å². The lowest BCUT2D eigenvalue weighted by Crippen LogP contribution is -2.32. The molecule has 0 atom stereocenters. The van der Waals surface area contributed by atoms with Gasteiger partial charge in [0.05, 0.1) is 17.6 Å². The monoisotopic (exact) mass is 345 g/mol. The van der Waals surface area contributed by atoms with Crippen LogP contribution in [-0.2, 0) is 11.3 Å². The van der Waals surface area contributed by atoms with E-state index in [0.29, 0.717) is 13.0 Å². The number of nitrogens with zero attached hydrogens (tertiary/aromatic N) is 2. The number of ether oxygens (including phenoxy) is 1. The van der Waals surface area contributed by atoms with Gasteiger partial charge in [0.1, 0.15) is 0 Å². The van der Waals surface area contributed by atoms with Crippen molar-refractivity contribution in [2.75, 3.05) is 6.61 Å². The first-order chi connectivity index (χ1) is 11.9. The Labute approximate surface area is 145 Å². The summed E-state index contributed by atoms with van der Waals surface area (Å²) in [6.45, 7) is 6.52. The van der Waals surface area contributed by atoms with Crippen molar-refractivity contribution in [3.63, 3.8) is 0 Å². The highest BCUT2D eigenvalue weighted by Gasteiger charge is 2.29. The van der Waals surface area contributed by atoms with Crippen LogP contribution in [0.4, 0.5) is 0 Å². The third-order valence-corrected chi connectivity index (χ3v) is 4.18. The third-order valence-electron chi connectivity index (χ3n) is 4.18. The molecule has 1 fully saturated rings. The zero-order chi connectivity index (χ0) is 18.1. The van der Waals surface area contributed by atoms with Gasteiger partial charge < -0.3 is 4.74 Å². The number of carbonyl (C=O) groups is 1. The lowest BCUT2D eigenvalue weighted by atomic mass is 10.1. The lowest BCUT2D eigenvalue weighted by molar-refractivity contribution is 0.0461. The van der Waals surface area contributed by atoms with Gasteiger partial charge in [-0.25, -0.2) is 14.6 Å². The van der Waals surface area contributed by atoms with E-state index >= 15 is 0 Å². The molecule has 0 aliphatic heterocycles. The molecule has 1 aliphatic rings. The molecule has 0 saturated heterocycles. The van der Waals surface area contributed by atoms with Crippen molar-refractivity contribution >= 4 is 17.0 Å². The van der Waals surface area contributed by atoms with Crippen LogP contribution in [0.25, 0.3) is 11.0 Å². The second-order valence-corrected chi connectivity index (χ2v) is 6.97. The highest BCUT2D eigenvalue weighted by Crippen LogP contribution is 2.40. The van der Waals surface area contributed by atoms with E-state index in [0.717, 1.165) is 18.5 Å². The fourth-order valence-electron chi connectivity index (χ4n) is 2.79. The normalized spacial score (nSPS) is 14.2. The molecular weight excluding hydrogens is 322 g/mol. The average Bonchev–Trinajstić information content (AvgIpc) is 3.40. The molecule has 1 N–H and O–H groups in total. The fourth-order valence-corrected chi connectivity index (χ4v) is 2.79. The van der Waals surface area contributed by atoms with Gasteiger partial charge in [-0.05, 0) is 31.2 Å². The minimum absolute atomic E-state index is 0.131. The summed E-state index contributed by atoms with van der Waals surface area (Å²) >= 11 is 0. The maximum atomic E-state index is 12.6. The van der Waals surface area contributed by atoms with Crippen molar-refractivity contribution in [3.05, 3.63) is 38.2 Å². The van der Waals surface area contributed by atoms with E-state index in [4.69, 9.17) is 4.74 Å². The fraction of sp³-hybridized carbons (Fsp3) is 0.556. The van der Waals surface area contributed by atoms with Gasteiger partial charge >= 0.3 is 11.7 Å². The molecule has 3 rings (SSSR count). The molecule has 7 heteroatoms. The predicted molar refractivity (Wildman–Crippen MR) is 94.0 cm³/mol. The smallest absolute Gasteiger partial charge is 0.339 e. The largest absolute Gasteiger partial charge is 0.462 e. The zero-order valence-corrected chi connectivity index (χ0v) is 14.8. The van der Waals surface area contributed by atoms with E-state index < -0.39 is 17.2 Å². The van der Waals surface area contributed by atoms with Gasteiger partial charge in [-0.15, -0.1) is 0 Å². The number of aromatic nitrogens is 3. The number of H-pyrrole nitrogens is 1. The van der Waals surface area contributed by atoms with Crippen LogP contribution >= 0.6 is 0 Å². The summed E-state index contributed by atoms with van der Waals surface area (Å²) in [6.07, 6.45) is 2.71. The molecule has 0 bridgehead atoms. The van der Waals surface area contributed by atoms with Crippen LogP contribution in [0.15, 0.2) is 15.7 Å². The summed E-state index contributed by atoms with van der Waals surface area (Å²) in [5.74, 6) is -0.0720. The van der Waals surface area contributed by atoms with E-state index in [1.807, 2.05) is 20.8 Å². The van der Waals surface area contributed by atoms with Crippen molar-refractivity contribution in [2.45, 2.75) is 52.5 Å². The Balaban J connectivity index is 2.23. The topological polar surface area (TPSA) is 94.1 Å². The van der Waals surface area contributed by atoms with Gasteiger partial charge in [-0.3, -0.25) is 14.3 Å². The standard InChI is InChI=1S/C18H23N3O4/c1-4-7-21-15-14(16(22)20-18(21)24)12(17(23)25-9-10(2)3)8-13(19-15)11-5-6-11/h8,10-11H,4-7,9H2,1-3H3,(H,20,22,24). The molecule has 25 heavy (non-hydrogen) atoms. The molecule has 0 unspecified atom stereocenters. The first-order valence-corrected chi connectivity index (χ1v) is 8.77. The quantitative estimate of drug-likeness (QED) is 0.810. The summed E-state index contributed by atoms with van der Waals surface area (Å²) in [6, 6.07) is 1.65. The highest BCUT2D eigenvalue weighted by atomic mass is 16.5. The van der Waals surface area contributed by atoms with Crippen LogP contribution < -0.4 is 11.2 Å². The van der Waals surface area contributed by atoms with Crippen molar-refractivity contribution < 1.29 is 9.53 Å². The molecule has 2 aromatic heterocycles. The molecule has 0 aromatic carbocycles. The number of aryl methyl sites for hydroxylation is 1. The Bertz CT molecular complexity index is 922. The molecule has 2 aromatic rings. The first-order valence-electron chi connectivity index (χ1n) is 8.77. The molecular formula is C18H23N3O4. The van der Waals surface area contributed by atoms with Crippen molar-refractivity contribution in [2.24, 2.45) is 5.92 Å². The minimum Gasteiger partial charge on any atom is -0.462 e. The van der Waals surface area contributed by atoms with Crippen LogP contribution in [0.1, 0.15) is 62.0 Å². The van der Waals surface area contributed by atoms with Gasteiger partial charge in [0, 0.05) is 18.2 Å². The van der Waals surface area contributed by atoms with Crippen molar-refractivity contribution in [3.8, 4) is 0 Å². The number of rotatable bonds is 6. The molecule has 1 saturated carbocycles. The number of nitrogens with one attached hydrogen (secondary N) is 1. The van der Waals surface area contributed by atoms with Crippen LogP contribution in [0.5, 0.6) is 0 Å². The second-order valence-electron chi connectivity index (χ2n) is 6.97. The Hall–Kier alpha value is -2.44. The molecule has 0 radical (unpaired) electrons. The summed E-state index contributed by atoms with van der Waals surface area (Å²) < 4.78 is 6.76. The molecule has 134 valence electrons. The summed E-state index contributed by atoms with van der Waals surface area (Å²) in [7, 11) is 0. The number of hydrogen-bond donors (Lipinski definition) is 1. The number of carbonyl (C=O) groups excluding carboxylic acids is 1. The number of fused-ring (bicyclic) bond motifs is 1. The summed E-state index contributed by atoms with van der Waals surface area (Å²) in [5, 5.41) is 0.131. The maximum Gasteiger partial charge on any atom is 0.339 e. The molecule has 7 nitrogen and oxygen atoms in total. The lowest BCUT2D eigenvalue weighted by Gasteiger charge is -2.13. The Morgan fingerprint density at radius 1 is 1.40 bits per heavy atom. The van der Waals surface area contributed by atoms with E-state index in [-0.39, 0.29) is 35.0 Å². The number of aromatic amines is 1. The van der Waals surface area contributed by atoms with Crippen LogP contribution in [0.3, 0.4) is 0 Å². The summed E-state index contributed by atoms with van der Waals surface area (Å²) in [4.78, 5) is 44.0. The van der Waals surface area contributed by atoms with Gasteiger partial charge in [0.15, 0.2) is 5.65 Å². The van der Waals surface area contributed by atoms with Crippen molar-refractivity contribution in [1.29, 1.82) is 0 Å². The van der Waals surface area contributed by atoms with E-state index in [9.17, 15) is 14.4 Å². The number of hydrogen-bond acceptors (Lipinski definition) is 5. The zero-order valence-electron chi connectivity index (χ0n) is 14.8. The third kappa shape index (κ3) is 3.50. The molecule has 0 spiro atoms. The second kappa shape index (κ2) is 6.82. The highest BCUT2D eigenvalue weighted by molar-refractivity contribution is 6.02. The minimum atomic E-state index is -0.598. The van der Waals surface area contributed by atoms with Gasteiger partial charge in [0.2, 0.25) is 0 Å². The van der Waals surface area contributed by atoms with Crippen LogP contribution in [0.2, 0.25) is 0 Å². The van der Waals surface area contributed by atoms with E-state index in [1.165, 1.54) is 4.57 Å². The number of pyridine rings is 1. The molecule has 0 amide bonds. The van der Waals surface area contributed by atoms with E-state index in [1.54, 1.807) is 6.07 Å².